The molecule has 2 heterocycles. The topological polar surface area (TPSA) is 56.6 Å². The van der Waals surface area contributed by atoms with Gasteiger partial charge in [0.05, 0.1) is 29.2 Å². The first-order chi connectivity index (χ1) is 16.6. The molecule has 2 aliphatic heterocycles. The van der Waals surface area contributed by atoms with E-state index in [1.807, 2.05) is 78.9 Å². The highest BCUT2D eigenvalue weighted by atomic mass is 35.5. The maximum Gasteiger partial charge on any atom is 0.229 e. The summed E-state index contributed by atoms with van der Waals surface area (Å²) < 4.78 is 5.89. The Labute approximate surface area is 208 Å². The Balaban J connectivity index is 1.33. The average molecular weight is 488 g/mol. The van der Waals surface area contributed by atoms with Gasteiger partial charge in [-0.1, -0.05) is 65.8 Å². The molecular formula is C27H22ClN3O2S. The SMILES string of the molecule is N#CC1=C2SCN(c3ccc(Cl)cc3)CN2C(=O)C[C@@H]1c1ccc(OCc2ccccc2)cc1. The van der Waals surface area contributed by atoms with Gasteiger partial charge in [-0.3, -0.25) is 9.69 Å². The number of ether oxygens (including phenoxy) is 1. The van der Waals surface area contributed by atoms with E-state index < -0.39 is 0 Å². The van der Waals surface area contributed by atoms with Crippen molar-refractivity contribution in [1.82, 2.24) is 4.90 Å². The van der Waals surface area contributed by atoms with E-state index in [9.17, 15) is 10.1 Å². The third-order valence-corrected chi connectivity index (χ3v) is 7.42. The highest BCUT2D eigenvalue weighted by molar-refractivity contribution is 8.03. The number of anilines is 1. The summed E-state index contributed by atoms with van der Waals surface area (Å²) in [5.41, 5.74) is 3.70. The molecule has 1 fully saturated rings. The van der Waals surface area contributed by atoms with E-state index in [-0.39, 0.29) is 18.2 Å². The van der Waals surface area contributed by atoms with Crippen LogP contribution in [0.4, 0.5) is 5.69 Å². The molecule has 1 saturated heterocycles. The fourth-order valence-electron chi connectivity index (χ4n) is 4.20. The minimum Gasteiger partial charge on any atom is -0.489 e. The van der Waals surface area contributed by atoms with Gasteiger partial charge in [-0.2, -0.15) is 5.26 Å². The number of hydrogen-bond donors (Lipinski definition) is 0. The molecule has 5 nitrogen and oxygen atoms in total. The summed E-state index contributed by atoms with van der Waals surface area (Å²) in [7, 11) is 0. The molecule has 0 aromatic heterocycles. The summed E-state index contributed by atoms with van der Waals surface area (Å²) in [6, 6.07) is 27.7. The van der Waals surface area contributed by atoms with Gasteiger partial charge in [0.1, 0.15) is 12.4 Å². The van der Waals surface area contributed by atoms with E-state index >= 15 is 0 Å². The summed E-state index contributed by atoms with van der Waals surface area (Å²) in [6.45, 7) is 0.915. The third-order valence-electron chi connectivity index (χ3n) is 6.02. The van der Waals surface area contributed by atoms with E-state index in [2.05, 4.69) is 11.0 Å². The lowest BCUT2D eigenvalue weighted by atomic mass is 9.86. The fourth-order valence-corrected chi connectivity index (χ4v) is 5.49. The quantitative estimate of drug-likeness (QED) is 0.432. The van der Waals surface area contributed by atoms with E-state index in [0.717, 1.165) is 27.6 Å². The van der Waals surface area contributed by atoms with E-state index in [1.54, 1.807) is 4.90 Å². The van der Waals surface area contributed by atoms with Crippen LogP contribution in [0.1, 0.15) is 23.5 Å². The second kappa shape index (κ2) is 9.84. The molecule has 7 heteroatoms. The van der Waals surface area contributed by atoms with Crippen molar-refractivity contribution in [3.8, 4) is 11.8 Å². The highest BCUT2D eigenvalue weighted by Gasteiger charge is 2.38. The molecule has 0 spiro atoms. The largest absolute Gasteiger partial charge is 0.489 e. The average Bonchev–Trinajstić information content (AvgIpc) is 2.89. The van der Waals surface area contributed by atoms with Crippen molar-refractivity contribution in [2.45, 2.75) is 18.9 Å². The van der Waals surface area contributed by atoms with Crippen molar-refractivity contribution in [3.63, 3.8) is 0 Å². The van der Waals surface area contributed by atoms with Crippen LogP contribution >= 0.6 is 23.4 Å². The molecule has 0 unspecified atom stereocenters. The van der Waals surface area contributed by atoms with Crippen molar-refractivity contribution >= 4 is 35.0 Å². The number of halogens is 1. The van der Waals surface area contributed by atoms with Crippen molar-refractivity contribution < 1.29 is 9.53 Å². The number of allylic oxidation sites excluding steroid dienone is 1. The van der Waals surface area contributed by atoms with Gasteiger partial charge in [0.25, 0.3) is 0 Å². The van der Waals surface area contributed by atoms with Gasteiger partial charge in [0.15, 0.2) is 0 Å². The first-order valence-electron chi connectivity index (χ1n) is 11.0. The van der Waals surface area contributed by atoms with Crippen LogP contribution in [-0.2, 0) is 11.4 Å². The Kier molecular flexibility index (Phi) is 6.48. The van der Waals surface area contributed by atoms with Crippen molar-refractivity contribution in [2.75, 3.05) is 17.4 Å². The van der Waals surface area contributed by atoms with Crippen LogP contribution in [0.15, 0.2) is 89.5 Å². The molecule has 0 saturated carbocycles. The molecule has 0 aliphatic carbocycles. The van der Waals surface area contributed by atoms with Gasteiger partial charge in [-0.15, -0.1) is 0 Å². The Morgan fingerprint density at radius 2 is 1.76 bits per heavy atom. The van der Waals surface area contributed by atoms with Gasteiger partial charge in [0, 0.05) is 23.0 Å². The minimum absolute atomic E-state index is 0.0227. The molecule has 2 aliphatic rings. The first kappa shape index (κ1) is 22.4. The standard InChI is InChI=1S/C27H22ClN3O2S/c28-21-8-10-22(11-9-21)30-17-31-26(32)14-24(25(15-29)27(31)34-18-30)20-6-12-23(13-7-20)33-16-19-4-2-1-3-5-19/h1-13,24H,14,16-18H2/t24-/m1/s1. The van der Waals surface area contributed by atoms with Gasteiger partial charge in [-0.25, -0.2) is 0 Å². The van der Waals surface area contributed by atoms with Crippen molar-refractivity contribution in [2.24, 2.45) is 0 Å². The van der Waals surface area contributed by atoms with Crippen LogP contribution in [0, 0.1) is 11.3 Å². The predicted octanol–water partition coefficient (Wildman–Crippen LogP) is 6.14. The van der Waals surface area contributed by atoms with Crippen molar-refractivity contribution in [1.29, 1.82) is 5.26 Å². The van der Waals surface area contributed by atoms with Crippen LogP contribution < -0.4 is 9.64 Å². The van der Waals surface area contributed by atoms with Crippen LogP contribution in [-0.4, -0.2) is 23.4 Å². The highest BCUT2D eigenvalue weighted by Crippen LogP contribution is 2.43. The van der Waals surface area contributed by atoms with Crippen molar-refractivity contribution in [3.05, 3.63) is 106 Å². The number of thioether (sulfide) groups is 1. The Bertz CT molecular complexity index is 1250. The number of benzene rings is 3. The van der Waals surface area contributed by atoms with Crippen LogP contribution in [0.5, 0.6) is 5.75 Å². The lowest BCUT2D eigenvalue weighted by molar-refractivity contribution is -0.129. The summed E-state index contributed by atoms with van der Waals surface area (Å²) in [4.78, 5) is 17.0. The van der Waals surface area contributed by atoms with Crippen LogP contribution in [0.3, 0.4) is 0 Å². The number of hydrogen-bond acceptors (Lipinski definition) is 5. The summed E-state index contributed by atoms with van der Waals surface area (Å²) >= 11 is 7.54. The number of rotatable bonds is 5. The van der Waals surface area contributed by atoms with Gasteiger partial charge < -0.3 is 9.64 Å². The molecule has 1 atom stereocenters. The zero-order valence-corrected chi connectivity index (χ0v) is 19.9. The second-order valence-electron chi connectivity index (χ2n) is 8.18. The number of carbonyl (C=O) groups excluding carboxylic acids is 1. The zero-order valence-electron chi connectivity index (χ0n) is 18.4. The maximum absolute atomic E-state index is 13.1. The lowest BCUT2D eigenvalue weighted by Gasteiger charge is -2.42. The van der Waals surface area contributed by atoms with E-state index in [1.165, 1.54) is 11.8 Å². The normalized spacial score (nSPS) is 17.9. The predicted molar refractivity (Wildman–Crippen MR) is 135 cm³/mol. The monoisotopic (exact) mass is 487 g/mol. The third kappa shape index (κ3) is 4.63. The van der Waals surface area contributed by atoms with Gasteiger partial charge >= 0.3 is 0 Å². The van der Waals surface area contributed by atoms with Gasteiger partial charge in [-0.05, 0) is 47.5 Å². The Morgan fingerprint density at radius 3 is 2.47 bits per heavy atom. The molecule has 3 aromatic carbocycles. The molecule has 170 valence electrons. The molecule has 0 N–H and O–H groups in total. The molecule has 3 aromatic rings. The zero-order chi connectivity index (χ0) is 23.5. The summed E-state index contributed by atoms with van der Waals surface area (Å²) in [6.07, 6.45) is 0.269. The number of nitrogens with zero attached hydrogens (tertiary/aromatic N) is 3. The van der Waals surface area contributed by atoms with E-state index in [4.69, 9.17) is 16.3 Å². The smallest absolute Gasteiger partial charge is 0.229 e. The molecule has 1 amide bonds. The first-order valence-corrected chi connectivity index (χ1v) is 12.3. The lowest BCUT2D eigenvalue weighted by Crippen LogP contribution is -2.47. The second-order valence-corrected chi connectivity index (χ2v) is 9.55. The number of nitriles is 1. The Hall–Kier alpha value is -3.40. The minimum atomic E-state index is -0.249. The molecule has 0 bridgehead atoms. The fraction of sp³-hybridized carbons (Fsp3) is 0.185. The molecule has 0 radical (unpaired) electrons. The van der Waals surface area contributed by atoms with Crippen LogP contribution in [0.25, 0.3) is 0 Å². The number of fused-ring (bicyclic) bond motifs is 1. The number of amides is 1. The molecule has 5 rings (SSSR count). The maximum atomic E-state index is 13.1. The molecule has 34 heavy (non-hydrogen) atoms. The van der Waals surface area contributed by atoms with Crippen LogP contribution in [0.2, 0.25) is 5.02 Å². The Morgan fingerprint density at radius 1 is 1.03 bits per heavy atom. The van der Waals surface area contributed by atoms with Gasteiger partial charge in [0.2, 0.25) is 5.91 Å². The molecular weight excluding hydrogens is 466 g/mol. The summed E-state index contributed by atoms with van der Waals surface area (Å²) in [5.74, 6) is 1.19. The number of carbonyl (C=O) groups is 1. The van der Waals surface area contributed by atoms with E-state index in [0.29, 0.717) is 29.7 Å². The summed E-state index contributed by atoms with van der Waals surface area (Å²) in [5, 5.41) is 11.5.